The number of hydrogen-bond donors (Lipinski definition) is 0. The lowest BCUT2D eigenvalue weighted by Gasteiger charge is -2.21. The van der Waals surface area contributed by atoms with Crippen LogP contribution in [0.3, 0.4) is 0 Å². The molecule has 0 aliphatic heterocycles. The number of hydrogen-bond acceptors (Lipinski definition) is 1. The fourth-order valence-electron chi connectivity index (χ4n) is 1.52. The molecular weight excluding hydrogens is 353 g/mol. The first-order valence-electron chi connectivity index (χ1n) is 5.40. The van der Waals surface area contributed by atoms with Gasteiger partial charge >= 0.3 is 0 Å². The lowest BCUT2D eigenvalue weighted by molar-refractivity contribution is 0.0765. The highest BCUT2D eigenvalue weighted by atomic mass is 79.9. The second-order valence-corrected chi connectivity index (χ2v) is 5.25. The molecule has 0 N–H and O–H groups in total. The number of rotatable bonds is 5. The number of nitrogens with zero attached hydrogens (tertiary/aromatic N) is 1. The first-order chi connectivity index (χ1) is 8.10. The molecule has 0 aliphatic carbocycles. The summed E-state index contributed by atoms with van der Waals surface area (Å²) in [7, 11) is 0. The van der Waals surface area contributed by atoms with Crippen LogP contribution in [0.2, 0.25) is 0 Å². The fraction of sp³-hybridized carbons (Fsp3) is 0.417. The standard InChI is InChI=1S/C12H14Br2FNO/c1-2-6-16(7-5-13)12(17)10-4-3-9(15)8-11(10)14/h3-4,8H,2,5-7H2,1H3. The Hall–Kier alpha value is -0.420. The van der Waals surface area contributed by atoms with Crippen molar-refractivity contribution < 1.29 is 9.18 Å². The highest BCUT2D eigenvalue weighted by Gasteiger charge is 2.17. The molecule has 94 valence electrons. The minimum absolute atomic E-state index is 0.0711. The molecule has 0 radical (unpaired) electrons. The van der Waals surface area contributed by atoms with E-state index in [2.05, 4.69) is 31.9 Å². The van der Waals surface area contributed by atoms with Gasteiger partial charge in [-0.25, -0.2) is 4.39 Å². The summed E-state index contributed by atoms with van der Waals surface area (Å²) in [5.74, 6) is -0.422. The second-order valence-electron chi connectivity index (χ2n) is 3.61. The van der Waals surface area contributed by atoms with Crippen LogP contribution in [-0.4, -0.2) is 29.2 Å². The first kappa shape index (κ1) is 14.6. The van der Waals surface area contributed by atoms with Gasteiger partial charge in [0.05, 0.1) is 5.56 Å². The van der Waals surface area contributed by atoms with Crippen LogP contribution in [-0.2, 0) is 0 Å². The zero-order valence-corrected chi connectivity index (χ0v) is 12.7. The van der Waals surface area contributed by atoms with Crippen LogP contribution in [0.4, 0.5) is 4.39 Å². The van der Waals surface area contributed by atoms with Crippen molar-refractivity contribution >= 4 is 37.8 Å². The monoisotopic (exact) mass is 365 g/mol. The maximum atomic E-state index is 12.9. The molecule has 0 saturated carbocycles. The van der Waals surface area contributed by atoms with Crippen LogP contribution >= 0.6 is 31.9 Å². The van der Waals surface area contributed by atoms with Crippen LogP contribution in [0.1, 0.15) is 23.7 Å². The Morgan fingerprint density at radius 3 is 2.65 bits per heavy atom. The van der Waals surface area contributed by atoms with Gasteiger partial charge in [-0.3, -0.25) is 4.79 Å². The molecule has 0 saturated heterocycles. The van der Waals surface area contributed by atoms with Crippen molar-refractivity contribution in [2.75, 3.05) is 18.4 Å². The van der Waals surface area contributed by atoms with E-state index in [1.807, 2.05) is 6.92 Å². The number of carbonyl (C=O) groups excluding carboxylic acids is 1. The Labute approximate surface area is 117 Å². The minimum Gasteiger partial charge on any atom is -0.338 e. The molecule has 0 heterocycles. The molecule has 0 bridgehead atoms. The predicted octanol–water partition coefficient (Wildman–Crippen LogP) is 3.84. The van der Waals surface area contributed by atoms with E-state index in [9.17, 15) is 9.18 Å². The highest BCUT2D eigenvalue weighted by molar-refractivity contribution is 9.10. The maximum absolute atomic E-state index is 12.9. The number of carbonyl (C=O) groups is 1. The van der Waals surface area contributed by atoms with Crippen molar-refractivity contribution in [2.45, 2.75) is 13.3 Å². The lowest BCUT2D eigenvalue weighted by atomic mass is 10.2. The van der Waals surface area contributed by atoms with Gasteiger partial charge in [-0.1, -0.05) is 22.9 Å². The molecule has 0 atom stereocenters. The van der Waals surface area contributed by atoms with Crippen molar-refractivity contribution in [3.05, 3.63) is 34.1 Å². The topological polar surface area (TPSA) is 20.3 Å². The lowest BCUT2D eigenvalue weighted by Crippen LogP contribution is -2.33. The predicted molar refractivity (Wildman–Crippen MR) is 74.1 cm³/mol. The first-order valence-corrected chi connectivity index (χ1v) is 7.32. The van der Waals surface area contributed by atoms with Crippen LogP contribution in [0.15, 0.2) is 22.7 Å². The van der Waals surface area contributed by atoms with E-state index in [-0.39, 0.29) is 11.7 Å². The average molecular weight is 367 g/mol. The number of halogens is 3. The summed E-state index contributed by atoms with van der Waals surface area (Å²) < 4.78 is 13.4. The SMILES string of the molecule is CCCN(CCBr)C(=O)c1ccc(F)cc1Br. The van der Waals surface area contributed by atoms with E-state index in [1.165, 1.54) is 18.2 Å². The Morgan fingerprint density at radius 2 is 2.12 bits per heavy atom. The van der Waals surface area contributed by atoms with Crippen molar-refractivity contribution in [1.29, 1.82) is 0 Å². The molecule has 0 fully saturated rings. The summed E-state index contributed by atoms with van der Waals surface area (Å²) >= 11 is 6.54. The molecule has 0 aliphatic rings. The van der Waals surface area contributed by atoms with E-state index in [0.717, 1.165) is 11.8 Å². The highest BCUT2D eigenvalue weighted by Crippen LogP contribution is 2.20. The van der Waals surface area contributed by atoms with Gasteiger partial charge in [-0.15, -0.1) is 0 Å². The fourth-order valence-corrected chi connectivity index (χ4v) is 2.47. The summed E-state index contributed by atoms with van der Waals surface area (Å²) in [6, 6.07) is 4.13. The van der Waals surface area contributed by atoms with Gasteiger partial charge in [0.15, 0.2) is 0 Å². The molecule has 1 amide bonds. The van der Waals surface area contributed by atoms with Gasteiger partial charge in [-0.2, -0.15) is 0 Å². The summed E-state index contributed by atoms with van der Waals surface area (Å²) in [6.07, 6.45) is 0.900. The summed E-state index contributed by atoms with van der Waals surface area (Å²) in [4.78, 5) is 14.0. The minimum atomic E-state index is -0.351. The third-order valence-electron chi connectivity index (χ3n) is 2.30. The molecule has 0 unspecified atom stereocenters. The summed E-state index contributed by atoms with van der Waals surface area (Å²) in [6.45, 7) is 3.37. The third-order valence-corrected chi connectivity index (χ3v) is 3.31. The van der Waals surface area contributed by atoms with Gasteiger partial charge in [0.2, 0.25) is 0 Å². The largest absolute Gasteiger partial charge is 0.338 e. The molecule has 2 nitrogen and oxygen atoms in total. The van der Waals surface area contributed by atoms with Gasteiger partial charge in [-0.05, 0) is 40.5 Å². The van der Waals surface area contributed by atoms with Crippen molar-refractivity contribution in [1.82, 2.24) is 4.90 Å². The molecular formula is C12H14Br2FNO. The normalized spacial score (nSPS) is 10.4. The maximum Gasteiger partial charge on any atom is 0.255 e. The van der Waals surface area contributed by atoms with E-state index in [0.29, 0.717) is 23.1 Å². The van der Waals surface area contributed by atoms with E-state index >= 15 is 0 Å². The van der Waals surface area contributed by atoms with Crippen molar-refractivity contribution in [2.24, 2.45) is 0 Å². The van der Waals surface area contributed by atoms with Gasteiger partial charge in [0, 0.05) is 22.9 Å². The molecule has 1 aromatic rings. The zero-order chi connectivity index (χ0) is 12.8. The average Bonchev–Trinajstić information content (AvgIpc) is 2.28. The smallest absolute Gasteiger partial charge is 0.255 e. The Kier molecular flexibility index (Phi) is 6.12. The summed E-state index contributed by atoms with van der Waals surface area (Å²) in [5.41, 5.74) is 0.501. The quantitative estimate of drug-likeness (QED) is 0.725. The molecule has 5 heteroatoms. The van der Waals surface area contributed by atoms with Crippen molar-refractivity contribution in [3.63, 3.8) is 0 Å². The van der Waals surface area contributed by atoms with E-state index in [1.54, 1.807) is 4.90 Å². The van der Waals surface area contributed by atoms with Crippen LogP contribution < -0.4 is 0 Å². The van der Waals surface area contributed by atoms with Gasteiger partial charge in [0.1, 0.15) is 5.82 Å². The van der Waals surface area contributed by atoms with Gasteiger partial charge < -0.3 is 4.90 Å². The van der Waals surface area contributed by atoms with Crippen molar-refractivity contribution in [3.8, 4) is 0 Å². The molecule has 1 rings (SSSR count). The number of amides is 1. The van der Waals surface area contributed by atoms with Crippen LogP contribution in [0.25, 0.3) is 0 Å². The Bertz CT molecular complexity index is 392. The number of benzene rings is 1. The molecule has 17 heavy (non-hydrogen) atoms. The Morgan fingerprint density at radius 1 is 1.41 bits per heavy atom. The van der Waals surface area contributed by atoms with E-state index < -0.39 is 0 Å². The van der Waals surface area contributed by atoms with Crippen LogP contribution in [0, 0.1) is 5.82 Å². The van der Waals surface area contributed by atoms with Gasteiger partial charge in [0.25, 0.3) is 5.91 Å². The second kappa shape index (κ2) is 7.11. The molecule has 1 aromatic carbocycles. The number of alkyl halides is 1. The summed E-state index contributed by atoms with van der Waals surface area (Å²) in [5, 5.41) is 0.734. The van der Waals surface area contributed by atoms with Crippen LogP contribution in [0.5, 0.6) is 0 Å². The third kappa shape index (κ3) is 4.07. The molecule has 0 spiro atoms. The zero-order valence-electron chi connectivity index (χ0n) is 9.55. The molecule has 0 aromatic heterocycles. The Balaban J connectivity index is 2.92. The van der Waals surface area contributed by atoms with E-state index in [4.69, 9.17) is 0 Å².